The van der Waals surface area contributed by atoms with Crippen molar-refractivity contribution in [2.24, 2.45) is 0 Å². The van der Waals surface area contributed by atoms with Crippen molar-refractivity contribution in [2.75, 3.05) is 21.3 Å². The number of nitrogens with zero attached hydrogens (tertiary/aromatic N) is 1. The van der Waals surface area contributed by atoms with Crippen LogP contribution in [0, 0.1) is 10.1 Å². The molecule has 0 radical (unpaired) electrons. The molecule has 18 heavy (non-hydrogen) atoms. The molecule has 1 unspecified atom stereocenters. The second-order valence-electron chi connectivity index (χ2n) is 3.33. The van der Waals surface area contributed by atoms with Crippen LogP contribution in [0.3, 0.4) is 0 Å². The summed E-state index contributed by atoms with van der Waals surface area (Å²) in [4.78, 5) is 21.7. The molecular weight excluding hydrogens is 242 g/mol. The van der Waals surface area contributed by atoms with Crippen LogP contribution in [0.15, 0.2) is 18.2 Å². The number of benzene rings is 1. The van der Waals surface area contributed by atoms with Gasteiger partial charge in [-0.25, -0.2) is 4.79 Å². The van der Waals surface area contributed by atoms with Crippen LogP contribution in [0.4, 0.5) is 5.69 Å². The molecule has 1 atom stereocenters. The van der Waals surface area contributed by atoms with Crippen LogP contribution >= 0.6 is 0 Å². The van der Waals surface area contributed by atoms with Crippen LogP contribution < -0.4 is 4.74 Å². The molecule has 0 aliphatic carbocycles. The number of nitro groups is 1. The van der Waals surface area contributed by atoms with Gasteiger partial charge < -0.3 is 14.2 Å². The Hall–Kier alpha value is -2.15. The van der Waals surface area contributed by atoms with E-state index in [1.165, 1.54) is 39.5 Å². The van der Waals surface area contributed by atoms with Crippen molar-refractivity contribution in [3.63, 3.8) is 0 Å². The molecule has 0 spiro atoms. The number of esters is 1. The number of rotatable bonds is 5. The molecule has 0 N–H and O–H groups in total. The predicted octanol–water partition coefficient (Wildman–Crippen LogP) is 1.46. The molecule has 1 aromatic rings. The maximum atomic E-state index is 11.4. The number of hydrogen-bond acceptors (Lipinski definition) is 6. The number of carbonyl (C=O) groups excluding carboxylic acids is 1. The quantitative estimate of drug-likeness (QED) is 0.449. The molecule has 0 aromatic heterocycles. The maximum absolute atomic E-state index is 11.4. The third kappa shape index (κ3) is 2.75. The van der Waals surface area contributed by atoms with E-state index in [2.05, 4.69) is 4.74 Å². The van der Waals surface area contributed by atoms with Crippen LogP contribution in [-0.2, 0) is 14.3 Å². The van der Waals surface area contributed by atoms with Gasteiger partial charge in [0.15, 0.2) is 11.9 Å². The number of nitro benzene ring substituents is 1. The van der Waals surface area contributed by atoms with E-state index in [1.807, 2.05) is 0 Å². The normalized spacial score (nSPS) is 11.7. The molecule has 1 rings (SSSR count). The third-order valence-electron chi connectivity index (χ3n) is 2.35. The molecule has 7 heteroatoms. The molecule has 0 amide bonds. The largest absolute Gasteiger partial charge is 0.490 e. The summed E-state index contributed by atoms with van der Waals surface area (Å²) in [6.07, 6.45) is -1.00. The van der Waals surface area contributed by atoms with Crippen LogP contribution in [0.25, 0.3) is 0 Å². The number of hydrogen-bond donors (Lipinski definition) is 0. The van der Waals surface area contributed by atoms with Crippen molar-refractivity contribution in [2.45, 2.75) is 6.10 Å². The summed E-state index contributed by atoms with van der Waals surface area (Å²) >= 11 is 0. The molecule has 0 saturated carbocycles. The first-order valence-corrected chi connectivity index (χ1v) is 4.98. The second kappa shape index (κ2) is 5.97. The van der Waals surface area contributed by atoms with Crippen molar-refractivity contribution in [1.29, 1.82) is 0 Å². The summed E-state index contributed by atoms with van der Waals surface area (Å²) in [5.41, 5.74) is 0.0952. The van der Waals surface area contributed by atoms with Crippen molar-refractivity contribution in [1.82, 2.24) is 0 Å². The van der Waals surface area contributed by atoms with Gasteiger partial charge >= 0.3 is 11.7 Å². The van der Waals surface area contributed by atoms with E-state index in [-0.39, 0.29) is 11.4 Å². The third-order valence-corrected chi connectivity index (χ3v) is 2.35. The van der Waals surface area contributed by atoms with Gasteiger partial charge in [-0.3, -0.25) is 10.1 Å². The van der Waals surface area contributed by atoms with Gasteiger partial charge in [0.25, 0.3) is 0 Å². The minimum Gasteiger partial charge on any atom is -0.490 e. The zero-order valence-corrected chi connectivity index (χ0v) is 10.2. The molecule has 0 fully saturated rings. The molecule has 0 saturated heterocycles. The Bertz CT molecular complexity index is 459. The van der Waals surface area contributed by atoms with Crippen molar-refractivity contribution in [3.8, 4) is 5.75 Å². The fourth-order valence-corrected chi connectivity index (χ4v) is 1.49. The smallest absolute Gasteiger partial charge is 0.339 e. The van der Waals surface area contributed by atoms with Gasteiger partial charge in [-0.15, -0.1) is 0 Å². The standard InChI is InChI=1S/C11H13NO6/c1-16-9-5-4-7(6-8(9)12(14)15)10(17-2)11(13)18-3/h4-6,10H,1-3H3. The summed E-state index contributed by atoms with van der Waals surface area (Å²) < 4.78 is 14.4. The minimum absolute atomic E-state index is 0.114. The zero-order valence-electron chi connectivity index (χ0n) is 10.2. The maximum Gasteiger partial charge on any atom is 0.339 e. The molecule has 1 aromatic carbocycles. The Morgan fingerprint density at radius 1 is 1.33 bits per heavy atom. The molecule has 0 aliphatic rings. The molecule has 98 valence electrons. The molecule has 0 heterocycles. The Morgan fingerprint density at radius 3 is 2.44 bits per heavy atom. The van der Waals surface area contributed by atoms with Crippen molar-refractivity contribution < 1.29 is 23.9 Å². The van der Waals surface area contributed by atoms with Gasteiger partial charge in [0.2, 0.25) is 0 Å². The SMILES string of the molecule is COC(=O)C(OC)c1ccc(OC)c([N+](=O)[O-])c1. The fraction of sp³-hybridized carbons (Fsp3) is 0.364. The predicted molar refractivity (Wildman–Crippen MR) is 61.4 cm³/mol. The Balaban J connectivity index is 3.21. The van der Waals surface area contributed by atoms with E-state index in [4.69, 9.17) is 9.47 Å². The van der Waals surface area contributed by atoms with Gasteiger partial charge in [0.05, 0.1) is 19.1 Å². The van der Waals surface area contributed by atoms with Gasteiger partial charge in [0, 0.05) is 13.2 Å². The zero-order chi connectivity index (χ0) is 13.7. The number of carbonyl (C=O) groups is 1. The van der Waals surface area contributed by atoms with Gasteiger partial charge in [-0.1, -0.05) is 6.07 Å². The molecule has 7 nitrogen and oxygen atoms in total. The summed E-state index contributed by atoms with van der Waals surface area (Å²) in [5.74, 6) is -0.513. The first-order chi connectivity index (χ1) is 8.54. The highest BCUT2D eigenvalue weighted by Gasteiger charge is 2.25. The average Bonchev–Trinajstić information content (AvgIpc) is 2.39. The Kier molecular flexibility index (Phi) is 4.61. The highest BCUT2D eigenvalue weighted by molar-refractivity contribution is 5.77. The van der Waals surface area contributed by atoms with E-state index in [0.717, 1.165) is 0 Å². The van der Waals surface area contributed by atoms with E-state index in [1.54, 1.807) is 0 Å². The Labute approximate surface area is 103 Å². The summed E-state index contributed by atoms with van der Waals surface area (Å²) in [7, 11) is 3.86. The lowest BCUT2D eigenvalue weighted by molar-refractivity contribution is -0.385. The summed E-state index contributed by atoms with van der Waals surface area (Å²) in [5, 5.41) is 10.9. The van der Waals surface area contributed by atoms with Crippen LogP contribution in [-0.4, -0.2) is 32.2 Å². The van der Waals surface area contributed by atoms with Crippen LogP contribution in [0.2, 0.25) is 0 Å². The first-order valence-electron chi connectivity index (χ1n) is 4.98. The summed E-state index contributed by atoms with van der Waals surface area (Å²) in [6, 6.07) is 4.14. The highest BCUT2D eigenvalue weighted by Crippen LogP contribution is 2.31. The van der Waals surface area contributed by atoms with Crippen molar-refractivity contribution in [3.05, 3.63) is 33.9 Å². The lowest BCUT2D eigenvalue weighted by Gasteiger charge is -2.13. The van der Waals surface area contributed by atoms with Gasteiger partial charge in [-0.05, 0) is 11.6 Å². The topological polar surface area (TPSA) is 87.9 Å². The average molecular weight is 255 g/mol. The Morgan fingerprint density at radius 2 is 2.00 bits per heavy atom. The van der Waals surface area contributed by atoms with Crippen LogP contribution in [0.1, 0.15) is 11.7 Å². The molecular formula is C11H13NO6. The van der Waals surface area contributed by atoms with E-state index < -0.39 is 17.0 Å². The monoisotopic (exact) mass is 255 g/mol. The lowest BCUT2D eigenvalue weighted by Crippen LogP contribution is -2.16. The number of ether oxygens (including phenoxy) is 3. The molecule has 0 aliphatic heterocycles. The fourth-order valence-electron chi connectivity index (χ4n) is 1.49. The second-order valence-corrected chi connectivity index (χ2v) is 3.33. The highest BCUT2D eigenvalue weighted by atomic mass is 16.6. The number of methoxy groups -OCH3 is 3. The minimum atomic E-state index is -1.00. The van der Waals surface area contributed by atoms with Gasteiger partial charge in [0.1, 0.15) is 0 Å². The lowest BCUT2D eigenvalue weighted by atomic mass is 10.1. The summed E-state index contributed by atoms with van der Waals surface area (Å²) in [6.45, 7) is 0. The van der Waals surface area contributed by atoms with E-state index in [0.29, 0.717) is 5.56 Å². The van der Waals surface area contributed by atoms with Crippen molar-refractivity contribution >= 4 is 11.7 Å². The molecule has 0 bridgehead atoms. The van der Waals surface area contributed by atoms with E-state index >= 15 is 0 Å². The van der Waals surface area contributed by atoms with E-state index in [9.17, 15) is 14.9 Å². The van der Waals surface area contributed by atoms with Gasteiger partial charge in [-0.2, -0.15) is 0 Å². The first kappa shape index (κ1) is 13.9. The van der Waals surface area contributed by atoms with Crippen LogP contribution in [0.5, 0.6) is 5.75 Å².